The minimum absolute atomic E-state index is 0.209. The Labute approximate surface area is 130 Å². The lowest BCUT2D eigenvalue weighted by molar-refractivity contribution is -0.156. The molecule has 2 N–H and O–H groups in total. The molecule has 0 aromatic heterocycles. The van der Waals surface area contributed by atoms with Crippen LogP contribution in [-0.2, 0) is 14.3 Å². The molecule has 0 radical (unpaired) electrons. The molecule has 0 aliphatic heterocycles. The molecule has 0 saturated heterocycles. The summed E-state index contributed by atoms with van der Waals surface area (Å²) in [5.74, 6) is -1.49. The summed E-state index contributed by atoms with van der Waals surface area (Å²) in [4.78, 5) is 35.2. The van der Waals surface area contributed by atoms with Gasteiger partial charge in [-0.25, -0.2) is 0 Å². The van der Waals surface area contributed by atoms with Crippen molar-refractivity contribution in [1.29, 1.82) is 0 Å². The number of carbonyl (C=O) groups is 3. The van der Waals surface area contributed by atoms with Crippen LogP contribution in [0.4, 0.5) is 0 Å². The van der Waals surface area contributed by atoms with Gasteiger partial charge in [-0.2, -0.15) is 0 Å². The number of hydrogen-bond acceptors (Lipinski definition) is 4. The Morgan fingerprint density at radius 1 is 1.09 bits per heavy atom. The predicted octanol–water partition coefficient (Wildman–Crippen LogP) is 1.82. The fourth-order valence-corrected chi connectivity index (χ4v) is 1.61. The van der Waals surface area contributed by atoms with E-state index in [1.165, 1.54) is 6.92 Å². The second kappa shape index (κ2) is 7.59. The van der Waals surface area contributed by atoms with E-state index >= 15 is 0 Å². The number of nitrogens with one attached hydrogen (secondary N) is 2. The average Bonchev–Trinajstić information content (AvgIpc) is 2.43. The van der Waals surface area contributed by atoms with E-state index in [4.69, 9.17) is 4.74 Å². The van der Waals surface area contributed by atoms with Crippen LogP contribution in [0, 0.1) is 5.41 Å². The molecule has 1 rings (SSSR count). The van der Waals surface area contributed by atoms with Gasteiger partial charge < -0.3 is 4.74 Å². The summed E-state index contributed by atoms with van der Waals surface area (Å²) in [7, 11) is 0. The van der Waals surface area contributed by atoms with Gasteiger partial charge in [-0.3, -0.25) is 25.2 Å². The van der Waals surface area contributed by atoms with Crippen molar-refractivity contribution in [2.45, 2.75) is 40.2 Å². The number of amides is 2. The zero-order valence-electron chi connectivity index (χ0n) is 13.3. The highest BCUT2D eigenvalue weighted by Gasteiger charge is 2.22. The summed E-state index contributed by atoms with van der Waals surface area (Å²) in [5.41, 5.74) is 4.71. The second-order valence-electron chi connectivity index (χ2n) is 6.18. The summed E-state index contributed by atoms with van der Waals surface area (Å²) in [6, 6.07) is 8.45. The number of benzene rings is 1. The van der Waals surface area contributed by atoms with Gasteiger partial charge in [0.2, 0.25) is 0 Å². The van der Waals surface area contributed by atoms with Crippen LogP contribution < -0.4 is 10.9 Å². The van der Waals surface area contributed by atoms with Gasteiger partial charge in [0.25, 0.3) is 11.8 Å². The highest BCUT2D eigenvalue weighted by Crippen LogP contribution is 2.19. The van der Waals surface area contributed by atoms with Crippen LogP contribution in [0.3, 0.4) is 0 Å². The molecular formula is C16H22N2O4. The largest absolute Gasteiger partial charge is 0.452 e. The summed E-state index contributed by atoms with van der Waals surface area (Å²) in [6.07, 6.45) is -0.771. The number of esters is 1. The monoisotopic (exact) mass is 306 g/mol. The highest BCUT2D eigenvalue weighted by atomic mass is 16.5. The van der Waals surface area contributed by atoms with Crippen LogP contribution in [0.2, 0.25) is 0 Å². The maximum Gasteiger partial charge on any atom is 0.307 e. The van der Waals surface area contributed by atoms with Gasteiger partial charge >= 0.3 is 5.97 Å². The number of ether oxygens (including phenoxy) is 1. The number of rotatable bonds is 4. The van der Waals surface area contributed by atoms with Crippen LogP contribution in [0.5, 0.6) is 0 Å². The number of carbonyl (C=O) groups excluding carboxylic acids is 3. The maximum atomic E-state index is 11.8. The quantitative estimate of drug-likeness (QED) is 0.656. The van der Waals surface area contributed by atoms with Crippen molar-refractivity contribution in [3.8, 4) is 0 Å². The second-order valence-corrected chi connectivity index (χ2v) is 6.18. The van der Waals surface area contributed by atoms with Crippen molar-refractivity contribution in [2.75, 3.05) is 0 Å². The van der Waals surface area contributed by atoms with Gasteiger partial charge in [0.1, 0.15) is 0 Å². The van der Waals surface area contributed by atoms with Crippen molar-refractivity contribution >= 4 is 17.8 Å². The zero-order chi connectivity index (χ0) is 16.8. The summed E-state index contributed by atoms with van der Waals surface area (Å²) < 4.78 is 5.02. The fourth-order valence-electron chi connectivity index (χ4n) is 1.61. The maximum absolute atomic E-state index is 11.8. The van der Waals surface area contributed by atoms with Crippen molar-refractivity contribution in [1.82, 2.24) is 10.9 Å². The first-order valence-electron chi connectivity index (χ1n) is 7.04. The third-order valence-electron chi connectivity index (χ3n) is 2.69. The lowest BCUT2D eigenvalue weighted by Gasteiger charge is -2.19. The molecular weight excluding hydrogens is 284 g/mol. The Kier molecular flexibility index (Phi) is 6.10. The van der Waals surface area contributed by atoms with E-state index in [0.29, 0.717) is 5.56 Å². The lowest BCUT2D eigenvalue weighted by atomic mass is 9.92. The molecule has 120 valence electrons. The van der Waals surface area contributed by atoms with E-state index in [0.717, 1.165) is 0 Å². The van der Waals surface area contributed by atoms with Crippen LogP contribution in [-0.4, -0.2) is 23.9 Å². The minimum Gasteiger partial charge on any atom is -0.452 e. The Hall–Kier alpha value is -2.37. The van der Waals surface area contributed by atoms with Crippen LogP contribution in [0.15, 0.2) is 30.3 Å². The van der Waals surface area contributed by atoms with Crippen LogP contribution in [0.25, 0.3) is 0 Å². The molecule has 6 heteroatoms. The number of hydrogen-bond donors (Lipinski definition) is 2. The first-order chi connectivity index (χ1) is 10.2. The van der Waals surface area contributed by atoms with E-state index in [9.17, 15) is 14.4 Å². The number of hydrazine groups is 1. The van der Waals surface area contributed by atoms with Crippen LogP contribution in [0.1, 0.15) is 44.5 Å². The summed E-state index contributed by atoms with van der Waals surface area (Å²) >= 11 is 0. The van der Waals surface area contributed by atoms with Crippen molar-refractivity contribution in [3.05, 3.63) is 35.9 Å². The minimum atomic E-state index is -0.981. The van der Waals surface area contributed by atoms with Gasteiger partial charge in [-0.15, -0.1) is 0 Å². The molecule has 0 spiro atoms. The van der Waals surface area contributed by atoms with Gasteiger partial charge in [0, 0.05) is 5.56 Å². The Morgan fingerprint density at radius 3 is 2.23 bits per heavy atom. The van der Waals surface area contributed by atoms with Crippen molar-refractivity contribution in [2.24, 2.45) is 5.41 Å². The molecule has 0 unspecified atom stereocenters. The first-order valence-corrected chi connectivity index (χ1v) is 7.04. The molecule has 1 atom stereocenters. The highest BCUT2D eigenvalue weighted by molar-refractivity contribution is 5.95. The molecule has 0 saturated carbocycles. The van der Waals surface area contributed by atoms with E-state index in [1.807, 2.05) is 20.8 Å². The summed E-state index contributed by atoms with van der Waals surface area (Å²) in [6.45, 7) is 7.15. The molecule has 2 amide bonds. The van der Waals surface area contributed by atoms with Crippen molar-refractivity contribution in [3.63, 3.8) is 0 Å². The molecule has 6 nitrogen and oxygen atoms in total. The van der Waals surface area contributed by atoms with E-state index in [-0.39, 0.29) is 11.8 Å². The third kappa shape index (κ3) is 6.39. The normalized spacial score (nSPS) is 12.2. The molecule has 0 fully saturated rings. The smallest absolute Gasteiger partial charge is 0.307 e. The average molecular weight is 306 g/mol. The molecule has 1 aromatic carbocycles. The van der Waals surface area contributed by atoms with Gasteiger partial charge in [-0.05, 0) is 24.5 Å². The van der Waals surface area contributed by atoms with Gasteiger partial charge in [-0.1, -0.05) is 39.0 Å². The van der Waals surface area contributed by atoms with Crippen molar-refractivity contribution < 1.29 is 19.1 Å². The van der Waals surface area contributed by atoms with E-state index in [1.54, 1.807) is 30.3 Å². The zero-order valence-corrected chi connectivity index (χ0v) is 13.3. The molecule has 1 aromatic rings. The fraction of sp³-hybridized carbons (Fsp3) is 0.438. The van der Waals surface area contributed by atoms with Gasteiger partial charge in [0.05, 0.1) is 6.42 Å². The standard InChI is InChI=1S/C16H22N2O4/c1-11(22-13(19)10-16(2,3)4)14(20)17-18-15(21)12-8-6-5-7-9-12/h5-9,11H,10H2,1-4H3,(H,17,20)(H,18,21)/t11-/m0/s1. The summed E-state index contributed by atoms with van der Waals surface area (Å²) in [5, 5.41) is 0. The molecule has 22 heavy (non-hydrogen) atoms. The first kappa shape index (κ1) is 17.7. The topological polar surface area (TPSA) is 84.5 Å². The Bertz CT molecular complexity index is 535. The predicted molar refractivity (Wildman–Crippen MR) is 81.7 cm³/mol. The third-order valence-corrected chi connectivity index (χ3v) is 2.69. The molecule has 0 bridgehead atoms. The lowest BCUT2D eigenvalue weighted by Crippen LogP contribution is -2.46. The van der Waals surface area contributed by atoms with Gasteiger partial charge in [0.15, 0.2) is 6.10 Å². The Morgan fingerprint density at radius 2 is 1.68 bits per heavy atom. The molecule has 0 aliphatic rings. The molecule has 0 heterocycles. The SMILES string of the molecule is C[C@H](OC(=O)CC(C)(C)C)C(=O)NNC(=O)c1ccccc1. The van der Waals surface area contributed by atoms with E-state index in [2.05, 4.69) is 10.9 Å². The van der Waals surface area contributed by atoms with E-state index < -0.39 is 23.9 Å². The van der Waals surface area contributed by atoms with Crippen LogP contribution >= 0.6 is 0 Å². The molecule has 0 aliphatic carbocycles. The Balaban J connectivity index is 2.42.